The highest BCUT2D eigenvalue weighted by Crippen LogP contribution is 2.17. The topological polar surface area (TPSA) is 50.4 Å². The molecule has 2 N–H and O–H groups in total. The molecule has 0 radical (unpaired) electrons. The Morgan fingerprint density at radius 1 is 1.27 bits per heavy atom. The lowest BCUT2D eigenvalue weighted by atomic mass is 10.2. The average Bonchev–Trinajstić information content (AvgIpc) is 2.90. The second kappa shape index (κ2) is 7.31. The highest BCUT2D eigenvalue weighted by molar-refractivity contribution is 5.89. The number of hydrogen-bond donors (Lipinski definition) is 2. The molecule has 1 aliphatic carbocycles. The number of benzene rings is 1. The molecule has 2 rings (SSSR count). The van der Waals surface area contributed by atoms with E-state index in [1.807, 2.05) is 12.2 Å². The third-order valence-corrected chi connectivity index (χ3v) is 3.06. The summed E-state index contributed by atoms with van der Waals surface area (Å²) < 4.78 is 40.6. The van der Waals surface area contributed by atoms with Crippen LogP contribution in [-0.2, 0) is 11.3 Å². The monoisotopic (exact) mass is 314 g/mol. The maximum atomic E-state index is 12.0. The fraction of sp³-hybridized carbons (Fsp3) is 0.400. The van der Waals surface area contributed by atoms with Gasteiger partial charge in [-0.05, 0) is 30.5 Å². The Kier molecular flexibility index (Phi) is 5.43. The summed E-state index contributed by atoms with van der Waals surface area (Å²) in [5, 5.41) is 5.48. The number of halogens is 3. The quantitative estimate of drug-likeness (QED) is 0.816. The van der Waals surface area contributed by atoms with E-state index in [2.05, 4.69) is 15.4 Å². The first kappa shape index (κ1) is 16.4. The molecule has 0 aliphatic heterocycles. The van der Waals surface area contributed by atoms with Gasteiger partial charge in [-0.2, -0.15) is 13.2 Å². The summed E-state index contributed by atoms with van der Waals surface area (Å²) in [6.45, 7) is -1.46. The molecule has 22 heavy (non-hydrogen) atoms. The van der Waals surface area contributed by atoms with E-state index < -0.39 is 12.8 Å². The lowest BCUT2D eigenvalue weighted by Gasteiger charge is -2.13. The first-order chi connectivity index (χ1) is 10.4. The molecule has 0 heterocycles. The van der Waals surface area contributed by atoms with E-state index in [0.717, 1.165) is 12.8 Å². The van der Waals surface area contributed by atoms with Gasteiger partial charge >= 0.3 is 12.2 Å². The van der Waals surface area contributed by atoms with Gasteiger partial charge in [-0.3, -0.25) is 0 Å². The molecular weight excluding hydrogens is 297 g/mol. The van der Waals surface area contributed by atoms with Gasteiger partial charge in [0.05, 0.1) is 6.61 Å². The predicted molar refractivity (Wildman–Crippen MR) is 76.5 cm³/mol. The van der Waals surface area contributed by atoms with Crippen molar-refractivity contribution in [1.82, 2.24) is 5.32 Å². The maximum absolute atomic E-state index is 12.0. The average molecular weight is 314 g/mol. The van der Waals surface area contributed by atoms with Crippen molar-refractivity contribution < 1.29 is 22.7 Å². The largest absolute Gasteiger partial charge is 0.411 e. The highest BCUT2D eigenvalue weighted by atomic mass is 19.4. The van der Waals surface area contributed by atoms with Gasteiger partial charge < -0.3 is 15.4 Å². The van der Waals surface area contributed by atoms with Crippen molar-refractivity contribution >= 4 is 11.7 Å². The van der Waals surface area contributed by atoms with Gasteiger partial charge in [0.25, 0.3) is 0 Å². The fourth-order valence-corrected chi connectivity index (χ4v) is 2.11. The Balaban J connectivity index is 1.81. The van der Waals surface area contributed by atoms with Gasteiger partial charge in [-0.25, -0.2) is 4.79 Å². The molecule has 0 fully saturated rings. The van der Waals surface area contributed by atoms with E-state index in [9.17, 15) is 18.0 Å². The normalized spacial score (nSPS) is 15.0. The second-order valence-corrected chi connectivity index (χ2v) is 5.05. The molecule has 0 saturated carbocycles. The maximum Gasteiger partial charge on any atom is 0.411 e. The number of hydrogen-bond acceptors (Lipinski definition) is 2. The number of rotatable bonds is 5. The van der Waals surface area contributed by atoms with E-state index in [4.69, 9.17) is 0 Å². The van der Waals surface area contributed by atoms with Crippen molar-refractivity contribution in [2.45, 2.75) is 31.7 Å². The van der Waals surface area contributed by atoms with Crippen LogP contribution >= 0.6 is 0 Å². The third kappa shape index (κ3) is 5.77. The number of urea groups is 1. The zero-order valence-electron chi connectivity index (χ0n) is 11.8. The summed E-state index contributed by atoms with van der Waals surface area (Å²) >= 11 is 0. The number of anilines is 1. The number of nitrogens with one attached hydrogen (secondary N) is 2. The summed E-state index contributed by atoms with van der Waals surface area (Å²) in [6, 6.07) is 6.31. The van der Waals surface area contributed by atoms with E-state index in [-0.39, 0.29) is 18.7 Å². The molecule has 7 heteroatoms. The SMILES string of the molecule is O=C(Nc1cccc(COCC(F)(F)F)c1)NC1CC=CC1. The van der Waals surface area contributed by atoms with Gasteiger partial charge in [0, 0.05) is 11.7 Å². The second-order valence-electron chi connectivity index (χ2n) is 5.05. The minimum Gasteiger partial charge on any atom is -0.367 e. The molecule has 1 aliphatic rings. The van der Waals surface area contributed by atoms with Crippen LogP contribution in [0.4, 0.5) is 23.7 Å². The molecule has 0 aromatic heterocycles. The summed E-state index contributed by atoms with van der Waals surface area (Å²) in [5.41, 5.74) is 1.07. The fourth-order valence-electron chi connectivity index (χ4n) is 2.11. The number of carbonyl (C=O) groups excluding carboxylic acids is 1. The number of carbonyl (C=O) groups is 1. The Labute approximate surface area is 126 Å². The van der Waals surface area contributed by atoms with E-state index >= 15 is 0 Å². The molecule has 0 saturated heterocycles. The lowest BCUT2D eigenvalue weighted by molar-refractivity contribution is -0.176. The molecule has 4 nitrogen and oxygen atoms in total. The smallest absolute Gasteiger partial charge is 0.367 e. The molecule has 1 aromatic carbocycles. The molecule has 0 bridgehead atoms. The van der Waals surface area contributed by atoms with Crippen LogP contribution in [0.3, 0.4) is 0 Å². The van der Waals surface area contributed by atoms with Crippen LogP contribution in [0, 0.1) is 0 Å². The first-order valence-corrected chi connectivity index (χ1v) is 6.88. The van der Waals surface area contributed by atoms with Crippen molar-refractivity contribution in [3.8, 4) is 0 Å². The van der Waals surface area contributed by atoms with Crippen LogP contribution in [0.1, 0.15) is 18.4 Å². The minimum absolute atomic E-state index is 0.0956. The first-order valence-electron chi connectivity index (χ1n) is 6.88. The lowest BCUT2D eigenvalue weighted by Crippen LogP contribution is -2.36. The standard InChI is InChI=1S/C15H17F3N2O2/c16-15(17,18)10-22-9-11-4-3-7-13(8-11)20-14(21)19-12-5-1-2-6-12/h1-4,7-8,12H,5-6,9-10H2,(H2,19,20,21). The highest BCUT2D eigenvalue weighted by Gasteiger charge is 2.27. The van der Waals surface area contributed by atoms with E-state index in [1.54, 1.807) is 24.3 Å². The van der Waals surface area contributed by atoms with Crippen LogP contribution in [0.25, 0.3) is 0 Å². The van der Waals surface area contributed by atoms with Crippen LogP contribution in [0.15, 0.2) is 36.4 Å². The molecule has 2 amide bonds. The third-order valence-electron chi connectivity index (χ3n) is 3.06. The summed E-state index contributed by atoms with van der Waals surface area (Å²) in [7, 11) is 0. The Bertz CT molecular complexity index is 536. The minimum atomic E-state index is -4.34. The summed E-state index contributed by atoms with van der Waals surface area (Å²) in [5.74, 6) is 0. The summed E-state index contributed by atoms with van der Waals surface area (Å²) in [4.78, 5) is 11.8. The van der Waals surface area contributed by atoms with Crippen molar-refractivity contribution in [2.75, 3.05) is 11.9 Å². The predicted octanol–water partition coefficient (Wildman–Crippen LogP) is 3.61. The number of alkyl halides is 3. The van der Waals surface area contributed by atoms with Crippen molar-refractivity contribution in [1.29, 1.82) is 0 Å². The van der Waals surface area contributed by atoms with Crippen LogP contribution in [0.5, 0.6) is 0 Å². The van der Waals surface area contributed by atoms with Crippen LogP contribution < -0.4 is 10.6 Å². The van der Waals surface area contributed by atoms with Gasteiger partial charge in [0.2, 0.25) is 0 Å². The van der Waals surface area contributed by atoms with E-state index in [1.165, 1.54) is 0 Å². The van der Waals surface area contributed by atoms with Crippen molar-refractivity contribution in [2.24, 2.45) is 0 Å². The molecule has 120 valence electrons. The van der Waals surface area contributed by atoms with E-state index in [0.29, 0.717) is 11.3 Å². The van der Waals surface area contributed by atoms with Crippen LogP contribution in [-0.4, -0.2) is 24.9 Å². The zero-order valence-corrected chi connectivity index (χ0v) is 11.8. The van der Waals surface area contributed by atoms with Gasteiger partial charge in [-0.15, -0.1) is 0 Å². The Hall–Kier alpha value is -2.02. The molecule has 1 aromatic rings. The molecule has 0 unspecified atom stereocenters. The van der Waals surface area contributed by atoms with Crippen molar-refractivity contribution in [3.63, 3.8) is 0 Å². The zero-order chi connectivity index (χ0) is 16.0. The number of amides is 2. The Morgan fingerprint density at radius 3 is 2.68 bits per heavy atom. The molecule has 0 atom stereocenters. The molecule has 0 spiro atoms. The molecular formula is C15H17F3N2O2. The Morgan fingerprint density at radius 2 is 2.00 bits per heavy atom. The number of ether oxygens (including phenoxy) is 1. The van der Waals surface area contributed by atoms with Gasteiger partial charge in [0.15, 0.2) is 0 Å². The van der Waals surface area contributed by atoms with Gasteiger partial charge in [0.1, 0.15) is 6.61 Å². The van der Waals surface area contributed by atoms with Gasteiger partial charge in [-0.1, -0.05) is 24.3 Å². The summed E-state index contributed by atoms with van der Waals surface area (Å²) in [6.07, 6.45) is 1.27. The van der Waals surface area contributed by atoms with Crippen molar-refractivity contribution in [3.05, 3.63) is 42.0 Å². The van der Waals surface area contributed by atoms with Crippen LogP contribution in [0.2, 0.25) is 0 Å².